The molecular formula is C21H19ClN4O2S2. The first-order valence-electron chi connectivity index (χ1n) is 9.13. The summed E-state index contributed by atoms with van der Waals surface area (Å²) in [4.78, 5) is 9.08. The first-order chi connectivity index (χ1) is 14.3. The van der Waals surface area contributed by atoms with E-state index in [4.69, 9.17) is 16.6 Å². The molecular weight excluding hydrogens is 440 g/mol. The molecule has 3 aromatic heterocycles. The summed E-state index contributed by atoms with van der Waals surface area (Å²) in [5.74, 6) is 0. The molecule has 1 aromatic carbocycles. The largest absolute Gasteiger partial charge is 0.345 e. The summed E-state index contributed by atoms with van der Waals surface area (Å²) >= 11 is 7.55. The number of nitrogens with one attached hydrogen (secondary N) is 1. The topological polar surface area (TPSA) is 76.9 Å². The molecule has 0 aliphatic heterocycles. The standard InChI is InChI=1S/C21H19ClN4O2S2/c1-14-20(30(27,28)24-12-17-8-3-4-9-23-17)11-19(26(14)2)21-25-18(13-29-21)15-6-5-7-16(22)10-15/h3-11,13,24H,12H2,1-2H3. The second-order valence-electron chi connectivity index (χ2n) is 6.73. The van der Waals surface area contributed by atoms with Crippen molar-refractivity contribution in [3.8, 4) is 22.0 Å². The molecule has 1 N–H and O–H groups in total. The van der Waals surface area contributed by atoms with Gasteiger partial charge in [-0.1, -0.05) is 29.8 Å². The number of pyridine rings is 1. The second kappa shape index (κ2) is 8.31. The first-order valence-corrected chi connectivity index (χ1v) is 11.9. The van der Waals surface area contributed by atoms with Gasteiger partial charge in [0.25, 0.3) is 0 Å². The van der Waals surface area contributed by atoms with E-state index in [1.165, 1.54) is 11.3 Å². The highest BCUT2D eigenvalue weighted by Gasteiger charge is 2.23. The quantitative estimate of drug-likeness (QED) is 0.456. The first kappa shape index (κ1) is 20.7. The van der Waals surface area contributed by atoms with Gasteiger partial charge in [0, 0.05) is 34.9 Å². The Bertz CT molecular complexity index is 1300. The Labute approximate surface area is 184 Å². The lowest BCUT2D eigenvalue weighted by molar-refractivity contribution is 0.579. The Balaban J connectivity index is 1.63. The van der Waals surface area contributed by atoms with Crippen molar-refractivity contribution < 1.29 is 8.42 Å². The number of sulfonamides is 1. The van der Waals surface area contributed by atoms with Crippen LogP contribution in [0.2, 0.25) is 5.02 Å². The smallest absolute Gasteiger partial charge is 0.242 e. The minimum atomic E-state index is -3.70. The van der Waals surface area contributed by atoms with Gasteiger partial charge in [0.1, 0.15) is 9.90 Å². The van der Waals surface area contributed by atoms with E-state index in [2.05, 4.69) is 9.71 Å². The molecule has 6 nitrogen and oxygen atoms in total. The van der Waals surface area contributed by atoms with Crippen molar-refractivity contribution in [1.82, 2.24) is 19.3 Å². The summed E-state index contributed by atoms with van der Waals surface area (Å²) in [7, 11) is -1.87. The molecule has 0 fully saturated rings. The van der Waals surface area contributed by atoms with E-state index in [-0.39, 0.29) is 11.4 Å². The highest BCUT2D eigenvalue weighted by Crippen LogP contribution is 2.33. The zero-order valence-electron chi connectivity index (χ0n) is 16.3. The highest BCUT2D eigenvalue weighted by atomic mass is 35.5. The van der Waals surface area contributed by atoms with Crippen LogP contribution in [0.5, 0.6) is 0 Å². The van der Waals surface area contributed by atoms with Crippen LogP contribution in [-0.4, -0.2) is 23.0 Å². The molecule has 0 atom stereocenters. The summed E-state index contributed by atoms with van der Waals surface area (Å²) in [6.45, 7) is 1.91. The van der Waals surface area contributed by atoms with E-state index in [1.807, 2.05) is 47.3 Å². The van der Waals surface area contributed by atoms with Gasteiger partial charge in [-0.2, -0.15) is 0 Å². The van der Waals surface area contributed by atoms with Gasteiger partial charge in [0.2, 0.25) is 10.0 Å². The SMILES string of the molecule is Cc1c(S(=O)(=O)NCc2ccccn2)cc(-c2nc(-c3cccc(Cl)c3)cs2)n1C. The molecule has 154 valence electrons. The third-order valence-corrected chi connectivity index (χ3v) is 7.41. The molecule has 0 radical (unpaired) electrons. The molecule has 0 amide bonds. The number of thiazole rings is 1. The minimum absolute atomic E-state index is 0.128. The van der Waals surface area contributed by atoms with Crippen molar-refractivity contribution in [2.75, 3.05) is 0 Å². The number of aromatic nitrogens is 3. The molecule has 0 saturated carbocycles. The Hall–Kier alpha value is -2.52. The van der Waals surface area contributed by atoms with Crippen LogP contribution < -0.4 is 4.72 Å². The summed E-state index contributed by atoms with van der Waals surface area (Å²) in [5.41, 5.74) is 3.75. The van der Waals surface area contributed by atoms with Crippen LogP contribution in [0.25, 0.3) is 22.0 Å². The van der Waals surface area contributed by atoms with Gasteiger partial charge in [0.05, 0.1) is 23.6 Å². The van der Waals surface area contributed by atoms with Gasteiger partial charge in [-0.25, -0.2) is 18.1 Å². The normalized spacial score (nSPS) is 11.7. The maximum atomic E-state index is 12.9. The number of rotatable bonds is 6. The number of nitrogens with zero attached hydrogens (tertiary/aromatic N) is 3. The zero-order chi connectivity index (χ0) is 21.3. The Morgan fingerprint density at radius 2 is 2.00 bits per heavy atom. The van der Waals surface area contributed by atoms with Crippen molar-refractivity contribution in [2.24, 2.45) is 7.05 Å². The van der Waals surface area contributed by atoms with Crippen LogP contribution >= 0.6 is 22.9 Å². The molecule has 9 heteroatoms. The summed E-state index contributed by atoms with van der Waals surface area (Å²) in [6.07, 6.45) is 1.63. The summed E-state index contributed by atoms with van der Waals surface area (Å²) in [6, 6.07) is 14.5. The van der Waals surface area contributed by atoms with E-state index < -0.39 is 10.0 Å². The number of hydrogen-bond donors (Lipinski definition) is 1. The van der Waals surface area contributed by atoms with Gasteiger partial charge < -0.3 is 4.57 Å². The molecule has 0 saturated heterocycles. The lowest BCUT2D eigenvalue weighted by Gasteiger charge is -2.06. The second-order valence-corrected chi connectivity index (χ2v) is 9.76. The molecule has 4 rings (SSSR count). The highest BCUT2D eigenvalue weighted by molar-refractivity contribution is 7.89. The number of halogens is 1. The predicted octanol–water partition coefficient (Wildman–Crippen LogP) is 4.65. The van der Waals surface area contributed by atoms with Crippen LogP contribution in [0.3, 0.4) is 0 Å². The Morgan fingerprint density at radius 3 is 2.73 bits per heavy atom. The lowest BCUT2D eigenvalue weighted by Crippen LogP contribution is -2.24. The average molecular weight is 459 g/mol. The van der Waals surface area contributed by atoms with Crippen LogP contribution in [0.15, 0.2) is 65.0 Å². The zero-order valence-corrected chi connectivity index (χ0v) is 18.7. The molecule has 0 spiro atoms. The van der Waals surface area contributed by atoms with Gasteiger partial charge in [0.15, 0.2) is 0 Å². The molecule has 3 heterocycles. The Kier molecular flexibility index (Phi) is 5.75. The van der Waals surface area contributed by atoms with Gasteiger partial charge in [-0.15, -0.1) is 11.3 Å². The summed E-state index contributed by atoms with van der Waals surface area (Å²) in [5, 5.41) is 3.32. The summed E-state index contributed by atoms with van der Waals surface area (Å²) < 4.78 is 30.3. The van der Waals surface area contributed by atoms with E-state index in [0.717, 1.165) is 22.0 Å². The molecule has 0 aliphatic carbocycles. The van der Waals surface area contributed by atoms with Crippen molar-refractivity contribution >= 4 is 33.0 Å². The minimum Gasteiger partial charge on any atom is -0.345 e. The van der Waals surface area contributed by atoms with Crippen LogP contribution in [0, 0.1) is 6.92 Å². The monoisotopic (exact) mass is 458 g/mol. The van der Waals surface area contributed by atoms with Crippen LogP contribution in [0.4, 0.5) is 0 Å². The fourth-order valence-electron chi connectivity index (χ4n) is 3.07. The molecule has 4 aromatic rings. The number of hydrogen-bond acceptors (Lipinski definition) is 5. The number of benzene rings is 1. The van der Waals surface area contributed by atoms with Gasteiger partial charge in [-0.05, 0) is 37.3 Å². The molecule has 30 heavy (non-hydrogen) atoms. The predicted molar refractivity (Wildman–Crippen MR) is 120 cm³/mol. The van der Waals surface area contributed by atoms with Gasteiger partial charge in [-0.3, -0.25) is 4.98 Å². The van der Waals surface area contributed by atoms with Crippen molar-refractivity contribution in [1.29, 1.82) is 0 Å². The van der Waals surface area contributed by atoms with Crippen molar-refractivity contribution in [3.05, 3.63) is 76.5 Å². The van der Waals surface area contributed by atoms with Crippen LogP contribution in [0.1, 0.15) is 11.4 Å². The van der Waals surface area contributed by atoms with Crippen molar-refractivity contribution in [3.63, 3.8) is 0 Å². The van der Waals surface area contributed by atoms with E-state index >= 15 is 0 Å². The third-order valence-electron chi connectivity index (χ3n) is 4.79. The molecule has 0 unspecified atom stereocenters. The maximum absolute atomic E-state index is 12.9. The van der Waals surface area contributed by atoms with Crippen molar-refractivity contribution in [2.45, 2.75) is 18.4 Å². The average Bonchev–Trinajstić information content (AvgIpc) is 3.33. The van der Waals surface area contributed by atoms with E-state index in [1.54, 1.807) is 31.3 Å². The van der Waals surface area contributed by atoms with Gasteiger partial charge >= 0.3 is 0 Å². The molecule has 0 aliphatic rings. The fraction of sp³-hybridized carbons (Fsp3) is 0.143. The Morgan fingerprint density at radius 1 is 1.17 bits per heavy atom. The maximum Gasteiger partial charge on any atom is 0.242 e. The van der Waals surface area contributed by atoms with E-state index in [0.29, 0.717) is 16.4 Å². The third kappa shape index (κ3) is 4.17. The van der Waals surface area contributed by atoms with E-state index in [9.17, 15) is 8.42 Å². The lowest BCUT2D eigenvalue weighted by atomic mass is 10.2. The van der Waals surface area contributed by atoms with Crippen LogP contribution in [-0.2, 0) is 23.6 Å². The fourth-order valence-corrected chi connectivity index (χ4v) is 5.43. The molecule has 0 bridgehead atoms.